The minimum absolute atomic E-state index is 0.00365. The van der Waals surface area contributed by atoms with Crippen LogP contribution in [0.5, 0.6) is 0 Å². The summed E-state index contributed by atoms with van der Waals surface area (Å²) < 4.78 is 0. The molecule has 0 saturated heterocycles. The smallest absolute Gasteiger partial charge is 0.289 e. The second-order valence-corrected chi connectivity index (χ2v) is 6.01. The summed E-state index contributed by atoms with van der Waals surface area (Å²) in [4.78, 5) is 23.0. The molecule has 0 spiro atoms. The van der Waals surface area contributed by atoms with Gasteiger partial charge in [-0.05, 0) is 30.0 Å². The van der Waals surface area contributed by atoms with Gasteiger partial charge in [0.15, 0.2) is 5.78 Å². The van der Waals surface area contributed by atoms with Gasteiger partial charge in [-0.2, -0.15) is 0 Å². The second-order valence-electron chi connectivity index (χ2n) is 5.19. The summed E-state index contributed by atoms with van der Waals surface area (Å²) >= 11 is 12.1. The molecule has 22 heavy (non-hydrogen) atoms. The van der Waals surface area contributed by atoms with E-state index in [-0.39, 0.29) is 21.5 Å². The van der Waals surface area contributed by atoms with Gasteiger partial charge in [0.1, 0.15) is 5.02 Å². The van der Waals surface area contributed by atoms with Gasteiger partial charge in [-0.1, -0.05) is 47.5 Å². The van der Waals surface area contributed by atoms with Gasteiger partial charge < -0.3 is 0 Å². The first kappa shape index (κ1) is 15.0. The van der Waals surface area contributed by atoms with Crippen molar-refractivity contribution in [1.82, 2.24) is 0 Å². The Labute approximate surface area is 136 Å². The number of carbonyl (C=O) groups is 1. The van der Waals surface area contributed by atoms with Crippen molar-refractivity contribution >= 4 is 34.7 Å². The topological polar surface area (TPSA) is 60.2 Å². The molecule has 6 heteroatoms. The first-order chi connectivity index (χ1) is 10.5. The molecular formula is C16H11Cl2NO3. The summed E-state index contributed by atoms with van der Waals surface area (Å²) in [6.45, 7) is 0. The molecule has 0 aromatic heterocycles. The molecule has 4 nitrogen and oxygen atoms in total. The van der Waals surface area contributed by atoms with Crippen molar-refractivity contribution in [3.63, 3.8) is 0 Å². The van der Waals surface area contributed by atoms with Crippen molar-refractivity contribution in [2.24, 2.45) is 0 Å². The van der Waals surface area contributed by atoms with E-state index in [4.69, 9.17) is 23.2 Å². The highest BCUT2D eigenvalue weighted by molar-refractivity contribution is 6.35. The van der Waals surface area contributed by atoms with Crippen molar-refractivity contribution in [1.29, 1.82) is 0 Å². The summed E-state index contributed by atoms with van der Waals surface area (Å²) in [5.41, 5.74) is 2.01. The van der Waals surface area contributed by atoms with Crippen LogP contribution in [-0.4, -0.2) is 10.7 Å². The molecule has 1 aliphatic rings. The van der Waals surface area contributed by atoms with Gasteiger partial charge in [0.05, 0.1) is 9.95 Å². The Morgan fingerprint density at radius 2 is 1.86 bits per heavy atom. The monoisotopic (exact) mass is 335 g/mol. The van der Waals surface area contributed by atoms with Crippen LogP contribution in [0.15, 0.2) is 36.4 Å². The number of carbonyl (C=O) groups excluding carboxylic acids is 1. The van der Waals surface area contributed by atoms with Crippen LogP contribution < -0.4 is 0 Å². The average molecular weight is 336 g/mol. The first-order valence-electron chi connectivity index (χ1n) is 6.74. The zero-order valence-electron chi connectivity index (χ0n) is 11.4. The Hall–Kier alpha value is -1.91. The molecule has 0 bridgehead atoms. The van der Waals surface area contributed by atoms with Crippen molar-refractivity contribution in [3.8, 4) is 0 Å². The lowest BCUT2D eigenvalue weighted by molar-refractivity contribution is -0.384. The average Bonchev–Trinajstić information content (AvgIpc) is 2.50. The van der Waals surface area contributed by atoms with Gasteiger partial charge in [-0.15, -0.1) is 0 Å². The molecule has 0 heterocycles. The van der Waals surface area contributed by atoms with Gasteiger partial charge in [0, 0.05) is 17.5 Å². The molecule has 0 saturated carbocycles. The van der Waals surface area contributed by atoms with Gasteiger partial charge in [0.2, 0.25) is 0 Å². The molecule has 1 atom stereocenters. The Balaban J connectivity index is 2.04. The lowest BCUT2D eigenvalue weighted by Gasteiger charge is -2.24. The number of hydrogen-bond acceptors (Lipinski definition) is 3. The largest absolute Gasteiger partial charge is 0.293 e. The number of ketones is 1. The summed E-state index contributed by atoms with van der Waals surface area (Å²) in [5.74, 6) is -0.436. The number of nitro groups is 1. The summed E-state index contributed by atoms with van der Waals surface area (Å²) in [6, 6.07) is 10.1. The fourth-order valence-electron chi connectivity index (χ4n) is 2.85. The number of hydrogen-bond donors (Lipinski definition) is 0. The molecule has 0 fully saturated rings. The molecule has 0 radical (unpaired) electrons. The quantitative estimate of drug-likeness (QED) is 0.584. The van der Waals surface area contributed by atoms with Crippen LogP contribution in [0.4, 0.5) is 5.69 Å². The second kappa shape index (κ2) is 5.71. The third kappa shape index (κ3) is 2.49. The molecule has 0 aliphatic heterocycles. The van der Waals surface area contributed by atoms with E-state index >= 15 is 0 Å². The maximum absolute atomic E-state index is 12.7. The number of halogens is 2. The van der Waals surface area contributed by atoms with E-state index in [1.54, 1.807) is 6.07 Å². The fourth-order valence-corrected chi connectivity index (χ4v) is 3.38. The van der Waals surface area contributed by atoms with Gasteiger partial charge in [0.25, 0.3) is 5.69 Å². The third-order valence-electron chi connectivity index (χ3n) is 3.94. The van der Waals surface area contributed by atoms with E-state index in [9.17, 15) is 14.9 Å². The maximum atomic E-state index is 12.7. The van der Waals surface area contributed by atoms with Crippen molar-refractivity contribution in [2.75, 3.05) is 0 Å². The number of nitro benzene ring substituents is 1. The summed E-state index contributed by atoms with van der Waals surface area (Å²) in [6.07, 6.45) is 1.38. The molecular weight excluding hydrogens is 325 g/mol. The summed E-state index contributed by atoms with van der Waals surface area (Å²) in [7, 11) is 0. The Bertz CT molecular complexity index is 789. The maximum Gasteiger partial charge on any atom is 0.289 e. The van der Waals surface area contributed by atoms with E-state index in [0.29, 0.717) is 17.5 Å². The lowest BCUT2D eigenvalue weighted by Crippen LogP contribution is -2.21. The Kier molecular flexibility index (Phi) is 3.89. The van der Waals surface area contributed by atoms with Crippen LogP contribution in [0.1, 0.15) is 33.8 Å². The molecule has 0 amide bonds. The van der Waals surface area contributed by atoms with E-state index in [1.807, 2.05) is 18.2 Å². The highest BCUT2D eigenvalue weighted by atomic mass is 35.5. The minimum atomic E-state index is -0.587. The van der Waals surface area contributed by atoms with Crippen LogP contribution in [0.3, 0.4) is 0 Å². The zero-order chi connectivity index (χ0) is 15.9. The normalized spacial score (nSPS) is 17.2. The number of fused-ring (bicyclic) bond motifs is 1. The predicted octanol–water partition coefficient (Wildman–Crippen LogP) is 4.81. The SMILES string of the molecule is O=C1c2ccccc2CCC1c1cc(Cl)c([N+](=O)[O-])cc1Cl. The molecule has 0 N–H and O–H groups in total. The lowest BCUT2D eigenvalue weighted by atomic mass is 9.79. The molecule has 1 aliphatic carbocycles. The minimum Gasteiger partial charge on any atom is -0.293 e. The van der Waals surface area contributed by atoms with Crippen LogP contribution in [0.25, 0.3) is 0 Å². The Morgan fingerprint density at radius 1 is 1.14 bits per heavy atom. The molecule has 2 aromatic rings. The Morgan fingerprint density at radius 3 is 2.59 bits per heavy atom. The predicted molar refractivity (Wildman–Crippen MR) is 85.0 cm³/mol. The van der Waals surface area contributed by atoms with Gasteiger partial charge in [-0.3, -0.25) is 14.9 Å². The van der Waals surface area contributed by atoms with E-state index < -0.39 is 10.8 Å². The van der Waals surface area contributed by atoms with E-state index in [2.05, 4.69) is 0 Å². The van der Waals surface area contributed by atoms with Crippen molar-refractivity contribution < 1.29 is 9.72 Å². The number of aryl methyl sites for hydroxylation is 1. The van der Waals surface area contributed by atoms with Gasteiger partial charge >= 0.3 is 0 Å². The third-order valence-corrected chi connectivity index (χ3v) is 4.57. The van der Waals surface area contributed by atoms with Crippen molar-refractivity contribution in [2.45, 2.75) is 18.8 Å². The fraction of sp³-hybridized carbons (Fsp3) is 0.188. The van der Waals surface area contributed by atoms with Gasteiger partial charge in [-0.25, -0.2) is 0 Å². The molecule has 112 valence electrons. The molecule has 2 aromatic carbocycles. The molecule has 3 rings (SSSR count). The van der Waals surface area contributed by atoms with Crippen LogP contribution >= 0.6 is 23.2 Å². The van der Waals surface area contributed by atoms with Crippen LogP contribution in [-0.2, 0) is 6.42 Å². The number of rotatable bonds is 2. The summed E-state index contributed by atoms with van der Waals surface area (Å²) in [5, 5.41) is 11.1. The highest BCUT2D eigenvalue weighted by Crippen LogP contribution is 2.39. The van der Waals surface area contributed by atoms with E-state index in [1.165, 1.54) is 12.1 Å². The number of Topliss-reactive ketones (excluding diaryl/α,β-unsaturated/α-hetero) is 1. The van der Waals surface area contributed by atoms with Crippen LogP contribution in [0.2, 0.25) is 10.0 Å². The van der Waals surface area contributed by atoms with Crippen LogP contribution in [0, 0.1) is 10.1 Å². The standard InChI is InChI=1S/C16H11Cl2NO3/c17-13-8-15(19(21)22)14(18)7-12(13)11-6-5-9-3-1-2-4-10(9)16(11)20/h1-4,7-8,11H,5-6H2. The highest BCUT2D eigenvalue weighted by Gasteiger charge is 2.31. The van der Waals surface area contributed by atoms with E-state index in [0.717, 1.165) is 12.0 Å². The number of benzene rings is 2. The molecule has 1 unspecified atom stereocenters. The zero-order valence-corrected chi connectivity index (χ0v) is 12.9. The first-order valence-corrected chi connectivity index (χ1v) is 7.50. The van der Waals surface area contributed by atoms with Crippen molar-refractivity contribution in [3.05, 3.63) is 73.2 Å². The number of nitrogens with zero attached hydrogens (tertiary/aromatic N) is 1.